The number of halogens is 3. The molecule has 5 aromatic rings. The van der Waals surface area contributed by atoms with Crippen LogP contribution >= 0.6 is 34.5 Å². The Hall–Kier alpha value is -4.79. The van der Waals surface area contributed by atoms with Crippen LogP contribution in [-0.4, -0.2) is 71.0 Å². The molecule has 0 aliphatic rings. The number of thiazole rings is 1. The number of benzene rings is 2. The van der Waals surface area contributed by atoms with Crippen molar-refractivity contribution in [1.82, 2.24) is 24.9 Å². The van der Waals surface area contributed by atoms with Crippen LogP contribution in [0.1, 0.15) is 24.5 Å². The molecule has 260 valence electrons. The first-order chi connectivity index (χ1) is 24.3. The van der Waals surface area contributed by atoms with Crippen LogP contribution in [0.2, 0.25) is 10.0 Å². The molecule has 3 aromatic heterocycles. The fraction of sp³-hybridized carbons (Fsp3) is 0.312. The summed E-state index contributed by atoms with van der Waals surface area (Å²) in [6.45, 7) is 6.20. The zero-order chi connectivity index (χ0) is 35.3. The molecule has 0 fully saturated rings. The number of nitrogens with one attached hydrogen (secondary N) is 3. The maximum atomic E-state index is 13.9. The highest BCUT2D eigenvalue weighted by molar-refractivity contribution is 7.22. The summed E-state index contributed by atoms with van der Waals surface area (Å²) in [5.41, 5.74) is 2.62. The minimum absolute atomic E-state index is 0.0741. The smallest absolute Gasteiger partial charge is 0.323 e. The van der Waals surface area contributed by atoms with Crippen LogP contribution in [0.5, 0.6) is 6.01 Å². The van der Waals surface area contributed by atoms with Gasteiger partial charge in [0.2, 0.25) is 11.1 Å². The molecule has 0 spiro atoms. The Balaban J connectivity index is 1.23. The number of anilines is 4. The highest BCUT2D eigenvalue weighted by atomic mass is 35.5. The Labute approximate surface area is 301 Å². The third-order valence-electron chi connectivity index (χ3n) is 6.76. The molecule has 0 aliphatic carbocycles. The van der Waals surface area contributed by atoms with Crippen LogP contribution in [0.15, 0.2) is 52.7 Å². The van der Waals surface area contributed by atoms with E-state index < -0.39 is 6.08 Å². The van der Waals surface area contributed by atoms with Crippen LogP contribution in [0.4, 0.5) is 38.5 Å². The maximum absolute atomic E-state index is 13.9. The van der Waals surface area contributed by atoms with Gasteiger partial charge >= 0.3 is 12.1 Å². The van der Waals surface area contributed by atoms with Crippen LogP contribution in [0, 0.1) is 24.3 Å². The van der Waals surface area contributed by atoms with Crippen molar-refractivity contribution in [1.29, 1.82) is 5.26 Å². The fourth-order valence-corrected chi connectivity index (χ4v) is 5.60. The second-order valence-electron chi connectivity index (χ2n) is 10.3. The van der Waals surface area contributed by atoms with Gasteiger partial charge < -0.3 is 30.2 Å². The predicted molar refractivity (Wildman–Crippen MR) is 191 cm³/mol. The molecular weight excluding hydrogens is 708 g/mol. The summed E-state index contributed by atoms with van der Waals surface area (Å²) in [5, 5.41) is 29.4. The van der Waals surface area contributed by atoms with Crippen molar-refractivity contribution in [2.75, 3.05) is 62.1 Å². The van der Waals surface area contributed by atoms with E-state index in [-0.39, 0.29) is 31.8 Å². The Morgan fingerprint density at radius 2 is 1.72 bits per heavy atom. The van der Waals surface area contributed by atoms with Gasteiger partial charge in [0.05, 0.1) is 39.0 Å². The average molecular weight is 741 g/mol. The lowest BCUT2D eigenvalue weighted by atomic mass is 10.1. The summed E-state index contributed by atoms with van der Waals surface area (Å²) in [6.07, 6.45) is -0.246. The zero-order valence-corrected chi connectivity index (χ0v) is 29.4. The zero-order valence-electron chi connectivity index (χ0n) is 27.0. The molecule has 0 saturated carbocycles. The molecule has 5 rings (SSSR count). The van der Waals surface area contributed by atoms with E-state index >= 15 is 0 Å². The molecule has 0 amide bonds. The third kappa shape index (κ3) is 10.1. The largest absolute Gasteiger partial charge is 0.461 e. The SMILES string of the molecule is CCOCCCNc1nc(F)nc(OCCOCCNc2nc(Nc3ccccc3)c(C#N)c(C)c2N=Nc2nc3cc(Cl)c(Cl)cc3s2)n1. The molecule has 0 atom stereocenters. The van der Waals surface area contributed by atoms with E-state index in [2.05, 4.69) is 52.2 Å². The number of para-hydroxylation sites is 1. The second-order valence-corrected chi connectivity index (χ2v) is 12.1. The first-order valence-corrected chi connectivity index (χ1v) is 17.0. The van der Waals surface area contributed by atoms with Crippen molar-refractivity contribution < 1.29 is 18.6 Å². The van der Waals surface area contributed by atoms with E-state index in [1.54, 1.807) is 19.1 Å². The van der Waals surface area contributed by atoms with Gasteiger partial charge in [-0.25, -0.2) is 9.97 Å². The second kappa shape index (κ2) is 18.3. The van der Waals surface area contributed by atoms with Gasteiger partial charge in [0.15, 0.2) is 11.6 Å². The molecule has 18 heteroatoms. The van der Waals surface area contributed by atoms with Gasteiger partial charge in [-0.1, -0.05) is 52.7 Å². The first-order valence-electron chi connectivity index (χ1n) is 15.5. The van der Waals surface area contributed by atoms with E-state index in [0.29, 0.717) is 81.9 Å². The number of hydrogen-bond donors (Lipinski definition) is 3. The Morgan fingerprint density at radius 1 is 0.900 bits per heavy atom. The summed E-state index contributed by atoms with van der Waals surface area (Å²) in [7, 11) is 0. The maximum Gasteiger partial charge on any atom is 0.323 e. The molecule has 0 radical (unpaired) electrons. The lowest BCUT2D eigenvalue weighted by molar-refractivity contribution is 0.103. The minimum atomic E-state index is -0.955. The van der Waals surface area contributed by atoms with E-state index in [1.165, 1.54) is 11.3 Å². The van der Waals surface area contributed by atoms with Crippen LogP contribution < -0.4 is 20.7 Å². The molecule has 50 heavy (non-hydrogen) atoms. The topological polar surface area (TPSA) is 177 Å². The lowest BCUT2D eigenvalue weighted by Gasteiger charge is -2.15. The lowest BCUT2D eigenvalue weighted by Crippen LogP contribution is -2.16. The van der Waals surface area contributed by atoms with Crippen molar-refractivity contribution in [2.45, 2.75) is 20.3 Å². The molecule has 0 saturated heterocycles. The Bertz CT molecular complexity index is 1940. The Kier molecular flexibility index (Phi) is 13.3. The molecule has 2 aromatic carbocycles. The fourth-order valence-electron chi connectivity index (χ4n) is 4.40. The van der Waals surface area contributed by atoms with Gasteiger partial charge in [0.1, 0.15) is 18.4 Å². The van der Waals surface area contributed by atoms with Gasteiger partial charge in [-0.3, -0.25) is 0 Å². The van der Waals surface area contributed by atoms with Crippen molar-refractivity contribution in [3.05, 3.63) is 69.7 Å². The van der Waals surface area contributed by atoms with Gasteiger partial charge in [-0.15, -0.1) is 15.2 Å². The number of fused-ring (bicyclic) bond motifs is 1. The average Bonchev–Trinajstić information content (AvgIpc) is 3.49. The predicted octanol–water partition coefficient (Wildman–Crippen LogP) is 8.01. The number of nitrogens with zero attached hydrogens (tertiary/aromatic N) is 8. The molecular formula is C32H32Cl2FN11O3S. The summed E-state index contributed by atoms with van der Waals surface area (Å²) in [6, 6.07) is 14.8. The quantitative estimate of drug-likeness (QED) is 0.0584. The first kappa shape index (κ1) is 36.5. The minimum Gasteiger partial charge on any atom is -0.461 e. The van der Waals surface area contributed by atoms with Gasteiger partial charge in [0, 0.05) is 37.6 Å². The number of pyridine rings is 1. The number of azo groups is 1. The summed E-state index contributed by atoms with van der Waals surface area (Å²) in [4.78, 5) is 20.5. The number of hydrogen-bond acceptors (Lipinski definition) is 15. The standard InChI is InChI=1S/C32H32Cl2FN11O3S/c1-3-47-12-7-10-38-30-42-29(35)43-31(44-30)49-15-14-48-13-11-37-28-26(45-46-32-40-24-16-22(33)23(34)17-25(24)50-32)19(2)21(18-36)27(41-28)39-20-8-5-4-6-9-20/h4-6,8-9,16-17H,3,7,10-15H2,1-2H3,(H2,37,39,41)(H,38,42,43,44). The summed E-state index contributed by atoms with van der Waals surface area (Å²) >= 11 is 13.6. The molecule has 14 nitrogen and oxygen atoms in total. The molecule has 0 aliphatic heterocycles. The third-order valence-corrected chi connectivity index (χ3v) is 8.38. The summed E-state index contributed by atoms with van der Waals surface area (Å²) < 4.78 is 31.1. The van der Waals surface area contributed by atoms with E-state index in [1.807, 2.05) is 37.3 Å². The van der Waals surface area contributed by atoms with Crippen LogP contribution in [0.3, 0.4) is 0 Å². The van der Waals surface area contributed by atoms with Crippen molar-refractivity contribution >= 4 is 78.8 Å². The molecule has 3 heterocycles. The van der Waals surface area contributed by atoms with Crippen molar-refractivity contribution in [3.63, 3.8) is 0 Å². The summed E-state index contributed by atoms with van der Waals surface area (Å²) in [5.74, 6) is 0.798. The van der Waals surface area contributed by atoms with Crippen LogP contribution in [-0.2, 0) is 9.47 Å². The van der Waals surface area contributed by atoms with Crippen molar-refractivity contribution in [2.24, 2.45) is 10.2 Å². The number of aromatic nitrogens is 5. The monoisotopic (exact) mass is 739 g/mol. The molecule has 3 N–H and O–H groups in total. The van der Waals surface area contributed by atoms with Crippen LogP contribution in [0.25, 0.3) is 10.2 Å². The van der Waals surface area contributed by atoms with Gasteiger partial charge in [-0.2, -0.15) is 19.6 Å². The Morgan fingerprint density at radius 3 is 2.52 bits per heavy atom. The van der Waals surface area contributed by atoms with E-state index in [9.17, 15) is 9.65 Å². The highest BCUT2D eigenvalue weighted by Gasteiger charge is 2.18. The van der Waals surface area contributed by atoms with Gasteiger partial charge in [-0.05, 0) is 44.5 Å². The van der Waals surface area contributed by atoms with E-state index in [0.717, 1.165) is 10.4 Å². The van der Waals surface area contributed by atoms with Gasteiger partial charge in [0.25, 0.3) is 0 Å². The molecule has 0 bridgehead atoms. The number of ether oxygens (including phenoxy) is 3. The normalized spacial score (nSPS) is 11.2. The molecule has 0 unspecified atom stereocenters. The van der Waals surface area contributed by atoms with Crippen molar-refractivity contribution in [3.8, 4) is 12.1 Å². The number of nitriles is 1. The highest BCUT2D eigenvalue weighted by Crippen LogP contribution is 2.38. The van der Waals surface area contributed by atoms with E-state index in [4.69, 9.17) is 42.4 Å². The number of rotatable bonds is 18.